The largest absolute Gasteiger partial charge is 0.495 e. The quantitative estimate of drug-likeness (QED) is 0.669. The molecule has 3 nitrogen and oxygen atoms in total. The molecule has 0 bridgehead atoms. The lowest BCUT2D eigenvalue weighted by Crippen LogP contribution is -2.22. The van der Waals surface area contributed by atoms with Crippen molar-refractivity contribution in [2.45, 2.75) is 25.8 Å². The maximum absolute atomic E-state index is 5.79. The van der Waals surface area contributed by atoms with E-state index in [0.29, 0.717) is 6.04 Å². The van der Waals surface area contributed by atoms with Gasteiger partial charge in [-0.2, -0.15) is 0 Å². The lowest BCUT2D eigenvalue weighted by molar-refractivity contribution is 0.414. The van der Waals surface area contributed by atoms with Crippen LogP contribution in [0.4, 0.5) is 11.4 Å². The summed E-state index contributed by atoms with van der Waals surface area (Å²) >= 11 is 0. The molecule has 0 aliphatic carbocycles. The van der Waals surface area contributed by atoms with Crippen LogP contribution < -0.4 is 15.8 Å². The van der Waals surface area contributed by atoms with Gasteiger partial charge in [0.25, 0.3) is 0 Å². The molecule has 0 saturated carbocycles. The Morgan fingerprint density at radius 3 is 3.00 bits per heavy atom. The highest BCUT2D eigenvalue weighted by atomic mass is 16.5. The van der Waals surface area contributed by atoms with E-state index in [1.165, 1.54) is 5.56 Å². The van der Waals surface area contributed by atoms with Crippen LogP contribution in [0.15, 0.2) is 12.1 Å². The fourth-order valence-corrected chi connectivity index (χ4v) is 1.91. The summed E-state index contributed by atoms with van der Waals surface area (Å²) in [7, 11) is 1.68. The summed E-state index contributed by atoms with van der Waals surface area (Å²) in [6, 6.07) is 4.40. The first-order valence-corrected chi connectivity index (χ1v) is 4.93. The predicted molar refractivity (Wildman–Crippen MR) is 58.8 cm³/mol. The fourth-order valence-electron chi connectivity index (χ4n) is 1.91. The molecule has 0 amide bonds. The summed E-state index contributed by atoms with van der Waals surface area (Å²) in [6.07, 6.45) is 2.23. The number of fused-ring (bicyclic) bond motifs is 1. The average Bonchev–Trinajstić information content (AvgIpc) is 2.17. The van der Waals surface area contributed by atoms with Crippen LogP contribution in [-0.4, -0.2) is 13.2 Å². The zero-order valence-corrected chi connectivity index (χ0v) is 8.63. The van der Waals surface area contributed by atoms with Crippen LogP contribution in [0.5, 0.6) is 5.75 Å². The van der Waals surface area contributed by atoms with E-state index in [1.807, 2.05) is 12.1 Å². The first-order chi connectivity index (χ1) is 6.70. The molecule has 76 valence electrons. The molecule has 1 aromatic rings. The van der Waals surface area contributed by atoms with Crippen molar-refractivity contribution in [2.75, 3.05) is 18.2 Å². The molecule has 14 heavy (non-hydrogen) atoms. The number of methoxy groups -OCH3 is 1. The third kappa shape index (κ3) is 1.50. The second-order valence-corrected chi connectivity index (χ2v) is 3.84. The molecule has 1 aliphatic rings. The normalized spacial score (nSPS) is 19.7. The predicted octanol–water partition coefficient (Wildman–Crippen LogP) is 2.02. The number of hydrogen-bond donors (Lipinski definition) is 2. The van der Waals surface area contributed by atoms with Gasteiger partial charge in [0.1, 0.15) is 5.75 Å². The summed E-state index contributed by atoms with van der Waals surface area (Å²) in [5.41, 5.74) is 8.94. The van der Waals surface area contributed by atoms with Gasteiger partial charge in [0, 0.05) is 17.8 Å². The van der Waals surface area contributed by atoms with Gasteiger partial charge in [-0.25, -0.2) is 0 Å². The minimum Gasteiger partial charge on any atom is -0.495 e. The number of nitrogens with two attached hydrogens (primary N) is 1. The molecular formula is C11H16N2O. The van der Waals surface area contributed by atoms with Crippen LogP contribution in [0.25, 0.3) is 0 Å². The van der Waals surface area contributed by atoms with Gasteiger partial charge in [-0.15, -0.1) is 0 Å². The van der Waals surface area contributed by atoms with E-state index in [2.05, 4.69) is 12.2 Å². The number of aryl methyl sites for hydroxylation is 1. The maximum Gasteiger partial charge on any atom is 0.144 e. The monoisotopic (exact) mass is 192 g/mol. The topological polar surface area (TPSA) is 47.3 Å². The molecule has 2 rings (SSSR count). The van der Waals surface area contributed by atoms with Crippen LogP contribution in [0.3, 0.4) is 0 Å². The molecule has 3 heteroatoms. The number of hydrogen-bond acceptors (Lipinski definition) is 3. The molecule has 1 heterocycles. The van der Waals surface area contributed by atoms with Crippen molar-refractivity contribution in [2.24, 2.45) is 0 Å². The van der Waals surface area contributed by atoms with Crippen molar-refractivity contribution in [3.63, 3.8) is 0 Å². The molecule has 0 saturated heterocycles. The molecule has 0 fully saturated rings. The van der Waals surface area contributed by atoms with E-state index in [4.69, 9.17) is 10.5 Å². The lowest BCUT2D eigenvalue weighted by atomic mass is 9.98. The standard InChI is InChI=1S/C11H16N2O/c1-7-3-4-8-5-9(12)6-10(14-2)11(8)13-7/h5-7,13H,3-4,12H2,1-2H3. The van der Waals surface area contributed by atoms with E-state index in [1.54, 1.807) is 7.11 Å². The Bertz CT molecular complexity index is 332. The Morgan fingerprint density at radius 2 is 2.29 bits per heavy atom. The van der Waals surface area contributed by atoms with E-state index in [-0.39, 0.29) is 0 Å². The smallest absolute Gasteiger partial charge is 0.144 e. The highest BCUT2D eigenvalue weighted by Gasteiger charge is 2.18. The Kier molecular flexibility index (Phi) is 2.23. The van der Waals surface area contributed by atoms with Crippen LogP contribution in [-0.2, 0) is 6.42 Å². The third-order valence-electron chi connectivity index (χ3n) is 2.66. The van der Waals surface area contributed by atoms with Crippen LogP contribution in [0.2, 0.25) is 0 Å². The first-order valence-electron chi connectivity index (χ1n) is 4.93. The van der Waals surface area contributed by atoms with Crippen molar-refractivity contribution in [3.8, 4) is 5.75 Å². The Hall–Kier alpha value is -1.38. The summed E-state index contributed by atoms with van der Waals surface area (Å²) in [4.78, 5) is 0. The number of nitrogens with one attached hydrogen (secondary N) is 1. The highest BCUT2D eigenvalue weighted by molar-refractivity contribution is 5.69. The zero-order chi connectivity index (χ0) is 10.1. The van der Waals surface area contributed by atoms with Gasteiger partial charge in [0.2, 0.25) is 0 Å². The zero-order valence-electron chi connectivity index (χ0n) is 8.63. The third-order valence-corrected chi connectivity index (χ3v) is 2.66. The molecule has 0 spiro atoms. The molecule has 1 atom stereocenters. The van der Waals surface area contributed by atoms with Gasteiger partial charge < -0.3 is 15.8 Å². The van der Waals surface area contributed by atoms with Crippen molar-refractivity contribution < 1.29 is 4.74 Å². The Labute approximate surface area is 84.3 Å². The second-order valence-electron chi connectivity index (χ2n) is 3.84. The van der Waals surface area contributed by atoms with Crippen molar-refractivity contribution in [3.05, 3.63) is 17.7 Å². The van der Waals surface area contributed by atoms with E-state index in [0.717, 1.165) is 30.0 Å². The summed E-state index contributed by atoms with van der Waals surface area (Å²) in [6.45, 7) is 2.18. The van der Waals surface area contributed by atoms with E-state index >= 15 is 0 Å². The highest BCUT2D eigenvalue weighted by Crippen LogP contribution is 2.35. The summed E-state index contributed by atoms with van der Waals surface area (Å²) < 4.78 is 5.30. The Morgan fingerprint density at radius 1 is 1.50 bits per heavy atom. The van der Waals surface area contributed by atoms with Crippen LogP contribution >= 0.6 is 0 Å². The number of anilines is 2. The minimum atomic E-state index is 0.514. The average molecular weight is 192 g/mol. The number of nitrogen functional groups attached to an aromatic ring is 1. The van der Waals surface area contributed by atoms with Gasteiger partial charge >= 0.3 is 0 Å². The molecule has 0 radical (unpaired) electrons. The van der Waals surface area contributed by atoms with Gasteiger partial charge in [0.05, 0.1) is 12.8 Å². The van der Waals surface area contributed by atoms with Crippen molar-refractivity contribution in [1.82, 2.24) is 0 Å². The van der Waals surface area contributed by atoms with Crippen LogP contribution in [0.1, 0.15) is 18.9 Å². The van der Waals surface area contributed by atoms with Gasteiger partial charge in [0.15, 0.2) is 0 Å². The fraction of sp³-hybridized carbons (Fsp3) is 0.455. The molecule has 1 aliphatic heterocycles. The maximum atomic E-state index is 5.79. The SMILES string of the molecule is COc1cc(N)cc2c1NC(C)CC2. The van der Waals surface area contributed by atoms with Crippen molar-refractivity contribution >= 4 is 11.4 Å². The first kappa shape index (κ1) is 9.19. The van der Waals surface area contributed by atoms with E-state index in [9.17, 15) is 0 Å². The van der Waals surface area contributed by atoms with E-state index < -0.39 is 0 Å². The van der Waals surface area contributed by atoms with Gasteiger partial charge in [-0.3, -0.25) is 0 Å². The number of benzene rings is 1. The number of ether oxygens (including phenoxy) is 1. The molecular weight excluding hydrogens is 176 g/mol. The lowest BCUT2D eigenvalue weighted by Gasteiger charge is -2.26. The Balaban J connectivity index is 2.47. The number of rotatable bonds is 1. The summed E-state index contributed by atoms with van der Waals surface area (Å²) in [5.74, 6) is 0.853. The second kappa shape index (κ2) is 3.40. The van der Waals surface area contributed by atoms with Crippen LogP contribution in [0, 0.1) is 0 Å². The minimum absolute atomic E-state index is 0.514. The van der Waals surface area contributed by atoms with Crippen molar-refractivity contribution in [1.29, 1.82) is 0 Å². The summed E-state index contributed by atoms with van der Waals surface area (Å²) in [5, 5.41) is 3.43. The molecule has 1 unspecified atom stereocenters. The molecule has 1 aromatic carbocycles. The van der Waals surface area contributed by atoms with Gasteiger partial charge in [-0.05, 0) is 31.4 Å². The molecule has 3 N–H and O–H groups in total. The molecule has 0 aromatic heterocycles. The van der Waals surface area contributed by atoms with Gasteiger partial charge in [-0.1, -0.05) is 0 Å².